The Morgan fingerprint density at radius 2 is 0.872 bits per heavy atom. The molecule has 7 aromatic carbocycles. The molecule has 0 spiro atoms. The highest BCUT2D eigenvalue weighted by molar-refractivity contribution is 7.99. The summed E-state index contributed by atoms with van der Waals surface area (Å²) in [6.45, 7) is 0.267. The summed E-state index contributed by atoms with van der Waals surface area (Å²) in [6, 6.07) is 58.9. The summed E-state index contributed by atoms with van der Waals surface area (Å²) in [5.41, 5.74) is 18.5. The Morgan fingerprint density at radius 3 is 1.45 bits per heavy atom. The van der Waals surface area contributed by atoms with Gasteiger partial charge in [0.1, 0.15) is 0 Å². The van der Waals surface area contributed by atoms with E-state index in [0.29, 0.717) is 0 Å². The van der Waals surface area contributed by atoms with Crippen LogP contribution in [-0.4, -0.2) is 13.6 Å². The lowest BCUT2D eigenvalue weighted by Crippen LogP contribution is -2.67. The van der Waals surface area contributed by atoms with Gasteiger partial charge in [-0.1, -0.05) is 139 Å². The van der Waals surface area contributed by atoms with Gasteiger partial charge in [-0.15, -0.1) is 0 Å². The van der Waals surface area contributed by atoms with E-state index in [1.54, 1.807) is 0 Å². The van der Waals surface area contributed by atoms with Crippen molar-refractivity contribution in [3.8, 4) is 22.3 Å². The van der Waals surface area contributed by atoms with Gasteiger partial charge in [0.15, 0.2) is 0 Å². The number of fused-ring (bicyclic) bond motifs is 8. The average molecular weight is 612 g/mol. The van der Waals surface area contributed by atoms with Crippen molar-refractivity contribution < 1.29 is 0 Å². The van der Waals surface area contributed by atoms with Crippen LogP contribution in [0.1, 0.15) is 0 Å². The van der Waals surface area contributed by atoms with E-state index in [4.69, 9.17) is 0 Å². The fourth-order valence-electron chi connectivity index (χ4n) is 8.66. The Labute approximate surface area is 279 Å². The maximum atomic E-state index is 2.67. The van der Waals surface area contributed by atoms with Gasteiger partial charge in [-0.05, 0) is 69.4 Å². The fourth-order valence-corrected chi connectivity index (χ4v) is 9.72. The molecule has 47 heavy (non-hydrogen) atoms. The van der Waals surface area contributed by atoms with Crippen LogP contribution in [0.25, 0.3) is 22.3 Å². The summed E-state index contributed by atoms with van der Waals surface area (Å²) in [5.74, 6) is 0. The second-order valence-corrected chi connectivity index (χ2v) is 13.9. The molecular weight excluding hydrogens is 586 g/mol. The summed E-state index contributed by atoms with van der Waals surface area (Å²) in [4.78, 5) is 7.65. The zero-order chi connectivity index (χ0) is 30.6. The van der Waals surface area contributed by atoms with Crippen LogP contribution in [0.3, 0.4) is 0 Å². The zero-order valence-electron chi connectivity index (χ0n) is 25.5. The molecule has 0 radical (unpaired) electrons. The van der Waals surface area contributed by atoms with Gasteiger partial charge in [-0.25, -0.2) is 0 Å². The monoisotopic (exact) mass is 612 g/mol. The third kappa shape index (κ3) is 3.44. The summed E-state index contributed by atoms with van der Waals surface area (Å²) >= 11 is 1.85. The van der Waals surface area contributed by atoms with Crippen molar-refractivity contribution in [2.75, 3.05) is 9.71 Å². The lowest BCUT2D eigenvalue weighted by Gasteiger charge is -2.49. The first-order valence-electron chi connectivity index (χ1n) is 16.3. The van der Waals surface area contributed by atoms with Crippen LogP contribution in [0.5, 0.6) is 0 Å². The molecule has 0 saturated heterocycles. The zero-order valence-corrected chi connectivity index (χ0v) is 26.3. The molecule has 216 valence electrons. The molecule has 0 aromatic heterocycles. The van der Waals surface area contributed by atoms with Crippen molar-refractivity contribution in [2.24, 2.45) is 0 Å². The number of benzene rings is 7. The SMILES string of the molecule is c1ccc2c(c1)Sc1ccccc1N2c1ccc(B2c3cccc4c3N3B(c5ccccc5-4)c4ccccc4-c4cccc2c43)cc1. The topological polar surface area (TPSA) is 6.48 Å². The lowest BCUT2D eigenvalue weighted by atomic mass is 9.32. The molecule has 2 nitrogen and oxygen atoms in total. The molecule has 0 saturated carbocycles. The Balaban J connectivity index is 1.13. The first kappa shape index (κ1) is 25.8. The number of rotatable bonds is 2. The highest BCUT2D eigenvalue weighted by Crippen LogP contribution is 2.51. The number of hydrogen-bond acceptors (Lipinski definition) is 3. The minimum Gasteiger partial charge on any atom is -0.377 e. The van der Waals surface area contributed by atoms with E-state index in [1.165, 1.54) is 87.8 Å². The highest BCUT2D eigenvalue weighted by atomic mass is 32.2. The second-order valence-electron chi connectivity index (χ2n) is 12.8. The van der Waals surface area contributed by atoms with Crippen molar-refractivity contribution in [2.45, 2.75) is 9.79 Å². The highest BCUT2D eigenvalue weighted by Gasteiger charge is 2.48. The molecule has 0 unspecified atom stereocenters. The van der Waals surface area contributed by atoms with Gasteiger partial charge in [-0.2, -0.15) is 0 Å². The van der Waals surface area contributed by atoms with Crippen LogP contribution in [0.15, 0.2) is 168 Å². The molecule has 7 aromatic rings. The van der Waals surface area contributed by atoms with E-state index in [9.17, 15) is 0 Å². The predicted octanol–water partition coefficient (Wildman–Crippen LogP) is 7.36. The lowest BCUT2D eigenvalue weighted by molar-refractivity contribution is 1.17. The summed E-state index contributed by atoms with van der Waals surface area (Å²) in [6.07, 6.45) is 0. The van der Waals surface area contributed by atoms with Gasteiger partial charge in [0.05, 0.1) is 11.4 Å². The largest absolute Gasteiger partial charge is 0.377 e. The number of hydrogen-bond donors (Lipinski definition) is 0. The molecule has 4 heterocycles. The van der Waals surface area contributed by atoms with Crippen LogP contribution in [0, 0.1) is 0 Å². The molecule has 0 N–H and O–H groups in total. The Kier molecular flexibility index (Phi) is 5.25. The minimum atomic E-state index is 0.123. The third-order valence-electron chi connectivity index (χ3n) is 10.5. The molecule has 0 fully saturated rings. The molecule has 4 aliphatic rings. The Hall–Kier alpha value is -5.38. The number of anilines is 5. The molecule has 0 amide bonds. The smallest absolute Gasteiger partial charge is 0.329 e. The summed E-state index contributed by atoms with van der Waals surface area (Å²) < 4.78 is 0. The molecule has 0 bridgehead atoms. The standard InChI is InChI=1S/C42H26B2N2S/c1-3-15-33-29(11-1)31-13-9-17-35-41(31)46-42-32(30-12-2-4-16-34(30)44(33)46)14-10-18-36(42)43(35)27-23-25-28(26-24-27)45-37-19-5-7-21-39(37)47-40-22-8-6-20-38(40)45/h1-26H. The molecule has 0 atom stereocenters. The maximum Gasteiger partial charge on any atom is 0.329 e. The number of para-hydroxylation sites is 4. The van der Waals surface area contributed by atoms with E-state index < -0.39 is 0 Å². The minimum absolute atomic E-state index is 0.123. The molecule has 5 heteroatoms. The fraction of sp³-hybridized carbons (Fsp3) is 0. The number of nitrogens with zero attached hydrogens (tertiary/aromatic N) is 2. The quantitative estimate of drug-likeness (QED) is 0.189. The Bertz CT molecular complexity index is 2290. The van der Waals surface area contributed by atoms with Crippen molar-refractivity contribution >= 4 is 81.1 Å². The van der Waals surface area contributed by atoms with E-state index >= 15 is 0 Å². The van der Waals surface area contributed by atoms with Crippen molar-refractivity contribution in [3.63, 3.8) is 0 Å². The van der Waals surface area contributed by atoms with E-state index in [2.05, 4.69) is 167 Å². The summed E-state index contributed by atoms with van der Waals surface area (Å²) in [7, 11) is 0. The molecular formula is C42H26B2N2S. The van der Waals surface area contributed by atoms with Crippen molar-refractivity contribution in [3.05, 3.63) is 158 Å². The van der Waals surface area contributed by atoms with E-state index in [-0.39, 0.29) is 13.6 Å². The predicted molar refractivity (Wildman–Crippen MR) is 201 cm³/mol. The van der Waals surface area contributed by atoms with Crippen molar-refractivity contribution in [1.82, 2.24) is 0 Å². The van der Waals surface area contributed by atoms with Gasteiger partial charge in [0.25, 0.3) is 0 Å². The van der Waals surface area contributed by atoms with Crippen LogP contribution < -0.4 is 37.0 Å². The van der Waals surface area contributed by atoms with Crippen LogP contribution in [0.2, 0.25) is 0 Å². The summed E-state index contributed by atoms with van der Waals surface area (Å²) in [5, 5.41) is 0. The molecule has 0 aliphatic carbocycles. The average Bonchev–Trinajstić information content (AvgIpc) is 3.14. The van der Waals surface area contributed by atoms with Gasteiger partial charge in [0.2, 0.25) is 6.71 Å². The van der Waals surface area contributed by atoms with Gasteiger partial charge in [0, 0.05) is 38.0 Å². The van der Waals surface area contributed by atoms with Crippen LogP contribution in [0.4, 0.5) is 28.4 Å². The Morgan fingerprint density at radius 1 is 0.404 bits per heavy atom. The van der Waals surface area contributed by atoms with Gasteiger partial charge < -0.3 is 9.71 Å². The molecule has 4 aliphatic heterocycles. The second kappa shape index (κ2) is 9.57. The molecule has 11 rings (SSSR count). The van der Waals surface area contributed by atoms with Crippen molar-refractivity contribution in [1.29, 1.82) is 0 Å². The van der Waals surface area contributed by atoms with E-state index in [0.717, 1.165) is 0 Å². The normalized spacial score (nSPS) is 14.1. The van der Waals surface area contributed by atoms with E-state index in [1.807, 2.05) is 11.8 Å². The first-order chi connectivity index (χ1) is 23.3. The van der Waals surface area contributed by atoms with Crippen LogP contribution >= 0.6 is 11.8 Å². The third-order valence-corrected chi connectivity index (χ3v) is 11.6. The van der Waals surface area contributed by atoms with Gasteiger partial charge >= 0.3 is 6.85 Å². The first-order valence-corrected chi connectivity index (χ1v) is 17.2. The maximum absolute atomic E-state index is 2.67. The van der Waals surface area contributed by atoms with Gasteiger partial charge in [-0.3, -0.25) is 0 Å². The van der Waals surface area contributed by atoms with Crippen LogP contribution in [-0.2, 0) is 0 Å².